The summed E-state index contributed by atoms with van der Waals surface area (Å²) in [5.74, 6) is -2.30. The summed E-state index contributed by atoms with van der Waals surface area (Å²) < 4.78 is 18.9. The summed E-state index contributed by atoms with van der Waals surface area (Å²) in [5.41, 5.74) is -0.119. The maximum atomic E-state index is 13.8. The molecule has 7 heteroatoms. The Kier molecular flexibility index (Phi) is 4.57. The van der Waals surface area contributed by atoms with Gasteiger partial charge in [0.2, 0.25) is 0 Å². The Morgan fingerprint density at radius 3 is 2.90 bits per heavy atom. The number of carbonyl (C=O) groups is 2. The largest absolute Gasteiger partial charge is 0.481 e. The van der Waals surface area contributed by atoms with Crippen molar-refractivity contribution in [3.8, 4) is 0 Å². The van der Waals surface area contributed by atoms with Crippen LogP contribution in [0.25, 0.3) is 0 Å². The van der Waals surface area contributed by atoms with Gasteiger partial charge in [-0.1, -0.05) is 11.6 Å². The molecular formula is C13H13ClFNO4. The van der Waals surface area contributed by atoms with E-state index >= 15 is 0 Å². The number of morpholine rings is 1. The van der Waals surface area contributed by atoms with Gasteiger partial charge in [-0.25, -0.2) is 4.39 Å². The lowest BCUT2D eigenvalue weighted by atomic mass is 10.1. The third-order valence-corrected chi connectivity index (χ3v) is 3.30. The van der Waals surface area contributed by atoms with Crippen molar-refractivity contribution in [1.82, 2.24) is 4.90 Å². The van der Waals surface area contributed by atoms with Crippen LogP contribution >= 0.6 is 11.6 Å². The molecule has 1 aromatic rings. The Morgan fingerprint density at radius 2 is 2.25 bits per heavy atom. The number of aliphatic carboxylic acids is 1. The highest BCUT2D eigenvalue weighted by Crippen LogP contribution is 2.19. The van der Waals surface area contributed by atoms with Crippen LogP contribution in [-0.2, 0) is 9.53 Å². The zero-order valence-corrected chi connectivity index (χ0v) is 11.3. The highest BCUT2D eigenvalue weighted by molar-refractivity contribution is 6.30. The summed E-state index contributed by atoms with van der Waals surface area (Å²) in [4.78, 5) is 24.5. The number of rotatable bonds is 3. The SMILES string of the molecule is O=C(O)CC1COCCN1C(=O)c1ccc(Cl)cc1F. The molecule has 1 N–H and O–H groups in total. The maximum Gasteiger partial charge on any atom is 0.305 e. The molecule has 2 rings (SSSR count). The summed E-state index contributed by atoms with van der Waals surface area (Å²) in [6.07, 6.45) is -0.235. The number of ether oxygens (including phenoxy) is 1. The molecule has 0 saturated carbocycles. The molecule has 1 aliphatic rings. The Hall–Kier alpha value is -1.66. The van der Waals surface area contributed by atoms with Crippen LogP contribution in [0, 0.1) is 5.82 Å². The quantitative estimate of drug-likeness (QED) is 0.924. The minimum absolute atomic E-state index is 0.119. The summed E-state index contributed by atoms with van der Waals surface area (Å²) in [6.45, 7) is 0.670. The molecule has 1 heterocycles. The fourth-order valence-electron chi connectivity index (χ4n) is 2.11. The van der Waals surface area contributed by atoms with Crippen LogP contribution in [0.1, 0.15) is 16.8 Å². The highest BCUT2D eigenvalue weighted by Gasteiger charge is 2.30. The van der Waals surface area contributed by atoms with Crippen LogP contribution in [0.3, 0.4) is 0 Å². The van der Waals surface area contributed by atoms with Gasteiger partial charge >= 0.3 is 5.97 Å². The Bertz CT molecular complexity index is 537. The van der Waals surface area contributed by atoms with E-state index in [1.54, 1.807) is 0 Å². The summed E-state index contributed by atoms with van der Waals surface area (Å²) >= 11 is 5.64. The summed E-state index contributed by atoms with van der Waals surface area (Å²) in [6, 6.07) is 3.18. The minimum Gasteiger partial charge on any atom is -0.481 e. The van der Waals surface area contributed by atoms with E-state index in [9.17, 15) is 14.0 Å². The zero-order valence-electron chi connectivity index (χ0n) is 10.5. The predicted octanol–water partition coefficient (Wildman–Crippen LogP) is 1.79. The van der Waals surface area contributed by atoms with E-state index in [4.69, 9.17) is 21.4 Å². The second-order valence-corrected chi connectivity index (χ2v) is 4.89. The third-order valence-electron chi connectivity index (χ3n) is 3.06. The van der Waals surface area contributed by atoms with E-state index in [0.717, 1.165) is 6.07 Å². The normalized spacial score (nSPS) is 18.9. The van der Waals surface area contributed by atoms with Crippen molar-refractivity contribution in [3.63, 3.8) is 0 Å². The second kappa shape index (κ2) is 6.19. The van der Waals surface area contributed by atoms with E-state index in [2.05, 4.69) is 0 Å². The molecule has 1 unspecified atom stereocenters. The lowest BCUT2D eigenvalue weighted by Crippen LogP contribution is -2.49. The first-order valence-electron chi connectivity index (χ1n) is 6.04. The highest BCUT2D eigenvalue weighted by atomic mass is 35.5. The van der Waals surface area contributed by atoms with Gasteiger partial charge < -0.3 is 14.7 Å². The van der Waals surface area contributed by atoms with E-state index in [1.165, 1.54) is 17.0 Å². The summed E-state index contributed by atoms with van der Waals surface area (Å²) in [5, 5.41) is 9.04. The molecule has 1 saturated heterocycles. The fraction of sp³-hybridized carbons (Fsp3) is 0.385. The van der Waals surface area contributed by atoms with Crippen molar-refractivity contribution in [3.05, 3.63) is 34.6 Å². The van der Waals surface area contributed by atoms with Crippen molar-refractivity contribution in [1.29, 1.82) is 0 Å². The molecule has 1 amide bonds. The average molecular weight is 302 g/mol. The number of halogens is 2. The van der Waals surface area contributed by atoms with Crippen molar-refractivity contribution < 1.29 is 23.8 Å². The van der Waals surface area contributed by atoms with Gasteiger partial charge in [-0.05, 0) is 18.2 Å². The molecule has 1 fully saturated rings. The monoisotopic (exact) mass is 301 g/mol. The van der Waals surface area contributed by atoms with Crippen molar-refractivity contribution in [2.24, 2.45) is 0 Å². The van der Waals surface area contributed by atoms with Gasteiger partial charge in [0.1, 0.15) is 5.82 Å². The van der Waals surface area contributed by atoms with Gasteiger partial charge in [-0.15, -0.1) is 0 Å². The van der Waals surface area contributed by atoms with Gasteiger partial charge in [0.25, 0.3) is 5.91 Å². The van der Waals surface area contributed by atoms with Crippen molar-refractivity contribution in [2.45, 2.75) is 12.5 Å². The number of carbonyl (C=O) groups excluding carboxylic acids is 1. The van der Waals surface area contributed by atoms with Gasteiger partial charge in [-0.3, -0.25) is 9.59 Å². The van der Waals surface area contributed by atoms with Crippen LogP contribution in [-0.4, -0.2) is 47.7 Å². The van der Waals surface area contributed by atoms with Crippen LogP contribution < -0.4 is 0 Å². The molecule has 108 valence electrons. The zero-order chi connectivity index (χ0) is 14.7. The number of carboxylic acids is 1. The summed E-state index contributed by atoms with van der Waals surface area (Å²) in [7, 11) is 0. The number of carboxylic acid groups (broad SMARTS) is 1. The smallest absolute Gasteiger partial charge is 0.305 e. The molecule has 0 aliphatic carbocycles. The van der Waals surface area contributed by atoms with Crippen LogP contribution in [0.15, 0.2) is 18.2 Å². The van der Waals surface area contributed by atoms with Crippen LogP contribution in [0.5, 0.6) is 0 Å². The first-order valence-corrected chi connectivity index (χ1v) is 6.42. The van der Waals surface area contributed by atoms with Gasteiger partial charge in [0.15, 0.2) is 0 Å². The van der Waals surface area contributed by atoms with Crippen LogP contribution in [0.2, 0.25) is 5.02 Å². The minimum atomic E-state index is -1.03. The van der Waals surface area contributed by atoms with E-state index in [-0.39, 0.29) is 30.2 Å². The molecule has 0 spiro atoms. The molecular weight excluding hydrogens is 289 g/mol. The average Bonchev–Trinajstić information content (AvgIpc) is 2.38. The molecule has 20 heavy (non-hydrogen) atoms. The van der Waals surface area contributed by atoms with Crippen LogP contribution in [0.4, 0.5) is 4.39 Å². The number of amides is 1. The molecule has 0 radical (unpaired) electrons. The predicted molar refractivity (Wildman–Crippen MR) is 69.3 cm³/mol. The second-order valence-electron chi connectivity index (χ2n) is 4.45. The topological polar surface area (TPSA) is 66.8 Å². The maximum absolute atomic E-state index is 13.8. The van der Waals surface area contributed by atoms with E-state index in [1.807, 2.05) is 0 Å². The Balaban J connectivity index is 2.22. The molecule has 1 aromatic carbocycles. The lowest BCUT2D eigenvalue weighted by Gasteiger charge is -2.34. The standard InChI is InChI=1S/C13H13ClFNO4/c14-8-1-2-10(11(15)5-8)13(19)16-3-4-20-7-9(16)6-12(17)18/h1-2,5,9H,3-4,6-7H2,(H,17,18). The van der Waals surface area contributed by atoms with Gasteiger partial charge in [0.05, 0.1) is 31.2 Å². The third kappa shape index (κ3) is 3.26. The molecule has 5 nitrogen and oxygen atoms in total. The van der Waals surface area contributed by atoms with Gasteiger partial charge in [-0.2, -0.15) is 0 Å². The first-order chi connectivity index (χ1) is 9.49. The molecule has 0 aromatic heterocycles. The Morgan fingerprint density at radius 1 is 1.50 bits per heavy atom. The van der Waals surface area contributed by atoms with Gasteiger partial charge in [0, 0.05) is 11.6 Å². The molecule has 1 aliphatic heterocycles. The molecule has 1 atom stereocenters. The molecule has 0 bridgehead atoms. The Labute approximate surface area is 119 Å². The number of benzene rings is 1. The number of hydrogen-bond donors (Lipinski definition) is 1. The fourth-order valence-corrected chi connectivity index (χ4v) is 2.27. The van der Waals surface area contributed by atoms with E-state index < -0.39 is 23.7 Å². The van der Waals surface area contributed by atoms with Crippen molar-refractivity contribution in [2.75, 3.05) is 19.8 Å². The lowest BCUT2D eigenvalue weighted by molar-refractivity contribution is -0.139. The number of hydrogen-bond acceptors (Lipinski definition) is 3. The first kappa shape index (κ1) is 14.7. The van der Waals surface area contributed by atoms with E-state index in [0.29, 0.717) is 6.61 Å². The van der Waals surface area contributed by atoms with Crippen molar-refractivity contribution >= 4 is 23.5 Å². The number of nitrogens with zero attached hydrogens (tertiary/aromatic N) is 1.